The molecule has 8 nitrogen and oxygen atoms in total. The van der Waals surface area contributed by atoms with Gasteiger partial charge in [0.1, 0.15) is 0 Å². The Morgan fingerprint density at radius 2 is 1.97 bits per heavy atom. The molecular weight excluding hydrogens is 428 g/mol. The summed E-state index contributed by atoms with van der Waals surface area (Å²) >= 11 is 0. The van der Waals surface area contributed by atoms with Crippen LogP contribution in [0.15, 0.2) is 65.8 Å². The van der Waals surface area contributed by atoms with E-state index in [-0.39, 0.29) is 23.1 Å². The van der Waals surface area contributed by atoms with Gasteiger partial charge in [-0.1, -0.05) is 0 Å². The number of hydrogen-bond donors (Lipinski definition) is 2. The molecule has 0 radical (unpaired) electrons. The topological polar surface area (TPSA) is 108 Å². The van der Waals surface area contributed by atoms with Crippen LogP contribution in [0.25, 0.3) is 0 Å². The highest BCUT2D eigenvalue weighted by Gasteiger charge is 2.25. The molecule has 9 heteroatoms. The van der Waals surface area contributed by atoms with Gasteiger partial charge in [-0.2, -0.15) is 0 Å². The standard InChI is InChI=1S/C23H20N4O4S/c28-22-13-17-12-19(6-7-20(17)25-22)32(30,31)26-18-5-8-21-15(11-18)4-2-10-27(21)23(29)16-3-1-9-24-14-16/h1,3,5-9,11-12,14,26H,2,4,10,13H2,(H,25,28). The second-order valence-corrected chi connectivity index (χ2v) is 9.48. The van der Waals surface area contributed by atoms with Gasteiger partial charge >= 0.3 is 0 Å². The highest BCUT2D eigenvalue weighted by Crippen LogP contribution is 2.32. The number of anilines is 3. The van der Waals surface area contributed by atoms with Crippen LogP contribution >= 0.6 is 0 Å². The number of aryl methyl sites for hydroxylation is 1. The fourth-order valence-electron chi connectivity index (χ4n) is 4.10. The van der Waals surface area contributed by atoms with Crippen LogP contribution in [0.5, 0.6) is 0 Å². The summed E-state index contributed by atoms with van der Waals surface area (Å²) < 4.78 is 28.5. The third-order valence-corrected chi connectivity index (χ3v) is 7.00. The number of carbonyl (C=O) groups excluding carboxylic acids is 2. The van der Waals surface area contributed by atoms with Crippen molar-refractivity contribution in [2.24, 2.45) is 0 Å². The van der Waals surface area contributed by atoms with E-state index in [1.807, 2.05) is 0 Å². The van der Waals surface area contributed by atoms with Crippen LogP contribution in [-0.4, -0.2) is 31.8 Å². The Morgan fingerprint density at radius 1 is 1.09 bits per heavy atom. The number of pyridine rings is 1. The van der Waals surface area contributed by atoms with E-state index in [0.717, 1.165) is 24.1 Å². The second-order valence-electron chi connectivity index (χ2n) is 7.79. The first kappa shape index (κ1) is 20.2. The highest BCUT2D eigenvalue weighted by molar-refractivity contribution is 7.92. The molecule has 3 aromatic rings. The number of benzene rings is 2. The minimum absolute atomic E-state index is 0.0962. The molecule has 2 amide bonds. The average Bonchev–Trinajstić information content (AvgIpc) is 3.17. The van der Waals surface area contributed by atoms with Crippen LogP contribution in [0.3, 0.4) is 0 Å². The Hall–Kier alpha value is -3.72. The van der Waals surface area contributed by atoms with E-state index in [4.69, 9.17) is 0 Å². The van der Waals surface area contributed by atoms with Crippen LogP contribution in [-0.2, 0) is 27.7 Å². The molecule has 2 aliphatic heterocycles. The van der Waals surface area contributed by atoms with Crippen molar-refractivity contribution in [3.05, 3.63) is 77.6 Å². The summed E-state index contributed by atoms with van der Waals surface area (Å²) in [6.45, 7) is 0.591. The first-order valence-electron chi connectivity index (χ1n) is 10.2. The van der Waals surface area contributed by atoms with E-state index in [9.17, 15) is 18.0 Å². The number of rotatable bonds is 4. The molecule has 2 N–H and O–H groups in total. The molecule has 2 aliphatic rings. The van der Waals surface area contributed by atoms with Gasteiger partial charge in [-0.15, -0.1) is 0 Å². The second kappa shape index (κ2) is 7.76. The molecule has 2 aromatic carbocycles. The Labute approximate surface area is 185 Å². The molecule has 0 fully saturated rings. The van der Waals surface area contributed by atoms with Gasteiger partial charge in [-0.05, 0) is 72.5 Å². The van der Waals surface area contributed by atoms with Crippen LogP contribution in [0.2, 0.25) is 0 Å². The van der Waals surface area contributed by atoms with Crippen molar-refractivity contribution in [1.82, 2.24) is 4.98 Å². The normalized spacial score (nSPS) is 15.0. The highest BCUT2D eigenvalue weighted by atomic mass is 32.2. The van der Waals surface area contributed by atoms with Crippen LogP contribution in [0.1, 0.15) is 27.9 Å². The summed E-state index contributed by atoms with van der Waals surface area (Å²) in [6, 6.07) is 13.2. The summed E-state index contributed by atoms with van der Waals surface area (Å²) in [5, 5.41) is 2.69. The molecule has 0 saturated heterocycles. The lowest BCUT2D eigenvalue weighted by atomic mass is 10.0. The molecule has 0 saturated carbocycles. The Balaban J connectivity index is 1.40. The fourth-order valence-corrected chi connectivity index (χ4v) is 5.20. The smallest absolute Gasteiger partial charge is 0.261 e. The van der Waals surface area contributed by atoms with Gasteiger partial charge in [0.05, 0.1) is 16.9 Å². The van der Waals surface area contributed by atoms with E-state index in [1.54, 1.807) is 53.7 Å². The maximum Gasteiger partial charge on any atom is 0.261 e. The summed E-state index contributed by atoms with van der Waals surface area (Å²) in [6.07, 6.45) is 4.85. The van der Waals surface area contributed by atoms with Crippen molar-refractivity contribution in [2.45, 2.75) is 24.2 Å². The molecule has 0 spiro atoms. The van der Waals surface area contributed by atoms with Crippen molar-refractivity contribution < 1.29 is 18.0 Å². The number of nitrogens with one attached hydrogen (secondary N) is 2. The SMILES string of the molecule is O=C1Cc2cc(S(=O)(=O)Nc3ccc4c(c3)CCCN4C(=O)c3cccnc3)ccc2N1. The fraction of sp³-hybridized carbons (Fsp3) is 0.174. The van der Waals surface area contributed by atoms with E-state index in [2.05, 4.69) is 15.0 Å². The van der Waals surface area contributed by atoms with Gasteiger partial charge < -0.3 is 10.2 Å². The lowest BCUT2D eigenvalue weighted by Gasteiger charge is -2.30. The molecule has 0 atom stereocenters. The van der Waals surface area contributed by atoms with E-state index in [1.165, 1.54) is 12.1 Å². The first-order chi connectivity index (χ1) is 15.4. The maximum atomic E-state index is 12.9. The van der Waals surface area contributed by atoms with Gasteiger partial charge in [0.2, 0.25) is 5.91 Å². The van der Waals surface area contributed by atoms with Crippen molar-refractivity contribution >= 4 is 38.9 Å². The van der Waals surface area contributed by atoms with E-state index < -0.39 is 10.0 Å². The molecule has 0 aliphatic carbocycles. The Kier molecular flexibility index (Phi) is 4.90. The lowest BCUT2D eigenvalue weighted by molar-refractivity contribution is -0.115. The van der Waals surface area contributed by atoms with Gasteiger partial charge in [0.15, 0.2) is 0 Å². The van der Waals surface area contributed by atoms with Crippen molar-refractivity contribution in [1.29, 1.82) is 0 Å². The number of carbonyl (C=O) groups is 2. The van der Waals surface area contributed by atoms with Gasteiger partial charge in [0.25, 0.3) is 15.9 Å². The van der Waals surface area contributed by atoms with Crippen molar-refractivity contribution in [3.8, 4) is 0 Å². The van der Waals surface area contributed by atoms with Crippen molar-refractivity contribution in [3.63, 3.8) is 0 Å². The number of fused-ring (bicyclic) bond motifs is 2. The largest absolute Gasteiger partial charge is 0.326 e. The van der Waals surface area contributed by atoms with Crippen LogP contribution < -0.4 is 14.9 Å². The molecule has 1 aromatic heterocycles. The number of sulfonamides is 1. The molecule has 32 heavy (non-hydrogen) atoms. The number of nitrogens with zero attached hydrogens (tertiary/aromatic N) is 2. The zero-order valence-electron chi connectivity index (χ0n) is 17.0. The monoisotopic (exact) mass is 448 g/mol. The molecule has 0 bridgehead atoms. The Morgan fingerprint density at radius 3 is 2.78 bits per heavy atom. The van der Waals surface area contributed by atoms with E-state index in [0.29, 0.717) is 29.0 Å². The zero-order chi connectivity index (χ0) is 22.3. The number of amides is 2. The maximum absolute atomic E-state index is 12.9. The number of aromatic nitrogens is 1. The van der Waals surface area contributed by atoms with Gasteiger partial charge in [-0.25, -0.2) is 8.42 Å². The zero-order valence-corrected chi connectivity index (χ0v) is 17.9. The summed E-state index contributed by atoms with van der Waals surface area (Å²) in [7, 11) is -3.83. The minimum Gasteiger partial charge on any atom is -0.326 e. The Bertz CT molecular complexity index is 1340. The molecule has 3 heterocycles. The third-order valence-electron chi connectivity index (χ3n) is 5.62. The molecule has 5 rings (SSSR count). The summed E-state index contributed by atoms with van der Waals surface area (Å²) in [5.74, 6) is -0.281. The quantitative estimate of drug-likeness (QED) is 0.638. The van der Waals surface area contributed by atoms with E-state index >= 15 is 0 Å². The average molecular weight is 449 g/mol. The number of hydrogen-bond acceptors (Lipinski definition) is 5. The molecular formula is C23H20N4O4S. The predicted molar refractivity (Wildman–Crippen MR) is 120 cm³/mol. The van der Waals surface area contributed by atoms with Crippen LogP contribution in [0.4, 0.5) is 17.1 Å². The van der Waals surface area contributed by atoms with Gasteiger partial charge in [0, 0.05) is 36.0 Å². The summed E-state index contributed by atoms with van der Waals surface area (Å²) in [5.41, 5.74) is 3.91. The van der Waals surface area contributed by atoms with Crippen molar-refractivity contribution in [2.75, 3.05) is 21.5 Å². The minimum atomic E-state index is -3.83. The lowest BCUT2D eigenvalue weighted by Crippen LogP contribution is -2.35. The molecule has 0 unspecified atom stereocenters. The molecule has 162 valence electrons. The summed E-state index contributed by atoms with van der Waals surface area (Å²) in [4.78, 5) is 30.3. The van der Waals surface area contributed by atoms with Gasteiger partial charge in [-0.3, -0.25) is 19.3 Å². The van der Waals surface area contributed by atoms with Crippen LogP contribution in [0, 0.1) is 0 Å². The first-order valence-corrected chi connectivity index (χ1v) is 11.7. The third kappa shape index (κ3) is 3.71. The predicted octanol–water partition coefficient (Wildman–Crippen LogP) is 2.97.